The van der Waals surface area contributed by atoms with E-state index in [1.807, 2.05) is 25.8 Å². The van der Waals surface area contributed by atoms with Gasteiger partial charge in [0.2, 0.25) is 0 Å². The monoisotopic (exact) mass is 266 g/mol. The molecule has 0 aliphatic carbocycles. The quantitative estimate of drug-likeness (QED) is 0.862. The van der Waals surface area contributed by atoms with Crippen LogP contribution in [0.3, 0.4) is 0 Å². The number of hydrogen-bond donors (Lipinski definition) is 2. The van der Waals surface area contributed by atoms with E-state index < -0.39 is 0 Å². The van der Waals surface area contributed by atoms with Crippen molar-refractivity contribution in [2.75, 3.05) is 18.4 Å². The summed E-state index contributed by atoms with van der Waals surface area (Å²) >= 11 is 0. The SMILES string of the molecule is CC(C)(C)c1cc(NC(=O)NN2CCCCC2)no1. The number of aromatic nitrogens is 1. The summed E-state index contributed by atoms with van der Waals surface area (Å²) in [5, 5.41) is 8.47. The maximum Gasteiger partial charge on any atom is 0.335 e. The molecule has 1 fully saturated rings. The minimum atomic E-state index is -0.268. The van der Waals surface area contributed by atoms with Gasteiger partial charge in [-0.05, 0) is 12.8 Å². The maximum atomic E-state index is 11.8. The number of urea groups is 1. The third-order valence-electron chi connectivity index (χ3n) is 3.11. The molecular formula is C13H22N4O2. The molecule has 0 spiro atoms. The fourth-order valence-electron chi connectivity index (χ4n) is 1.98. The number of hydrogen-bond acceptors (Lipinski definition) is 4. The number of piperidine rings is 1. The summed E-state index contributed by atoms with van der Waals surface area (Å²) in [6.07, 6.45) is 3.48. The molecule has 6 heteroatoms. The molecule has 0 unspecified atom stereocenters. The number of nitrogens with zero attached hydrogens (tertiary/aromatic N) is 2. The van der Waals surface area contributed by atoms with E-state index in [0.717, 1.165) is 31.7 Å². The zero-order valence-corrected chi connectivity index (χ0v) is 11.8. The standard InChI is InChI=1S/C13H22N4O2/c1-13(2,3)10-9-11(16-19-10)14-12(18)15-17-7-5-4-6-8-17/h9H,4-8H2,1-3H3,(H2,14,15,16,18). The van der Waals surface area contributed by atoms with Crippen molar-refractivity contribution < 1.29 is 9.32 Å². The van der Waals surface area contributed by atoms with Crippen LogP contribution < -0.4 is 10.7 Å². The van der Waals surface area contributed by atoms with Crippen molar-refractivity contribution >= 4 is 11.8 Å². The molecular weight excluding hydrogens is 244 g/mol. The van der Waals surface area contributed by atoms with Crippen molar-refractivity contribution in [3.63, 3.8) is 0 Å². The van der Waals surface area contributed by atoms with E-state index in [0.29, 0.717) is 5.82 Å². The van der Waals surface area contributed by atoms with Gasteiger partial charge in [-0.25, -0.2) is 9.80 Å². The normalized spacial score (nSPS) is 17.2. The number of carbonyl (C=O) groups excluding carboxylic acids is 1. The van der Waals surface area contributed by atoms with Gasteiger partial charge in [-0.2, -0.15) is 0 Å². The van der Waals surface area contributed by atoms with Crippen molar-refractivity contribution in [3.05, 3.63) is 11.8 Å². The molecule has 0 atom stereocenters. The van der Waals surface area contributed by atoms with Gasteiger partial charge in [-0.1, -0.05) is 32.3 Å². The van der Waals surface area contributed by atoms with Crippen LogP contribution in [0.25, 0.3) is 0 Å². The summed E-state index contributed by atoms with van der Waals surface area (Å²) in [5.74, 6) is 1.19. The van der Waals surface area contributed by atoms with E-state index in [9.17, 15) is 4.79 Å². The number of nitrogens with one attached hydrogen (secondary N) is 2. The van der Waals surface area contributed by atoms with Crippen LogP contribution in [-0.2, 0) is 5.41 Å². The van der Waals surface area contributed by atoms with Gasteiger partial charge < -0.3 is 4.52 Å². The first-order chi connectivity index (χ1) is 8.95. The van der Waals surface area contributed by atoms with Gasteiger partial charge in [0.25, 0.3) is 0 Å². The lowest BCUT2D eigenvalue weighted by molar-refractivity contribution is 0.162. The Morgan fingerprint density at radius 2 is 2.00 bits per heavy atom. The zero-order chi connectivity index (χ0) is 13.9. The van der Waals surface area contributed by atoms with Crippen LogP contribution in [0.2, 0.25) is 0 Å². The third kappa shape index (κ3) is 3.96. The summed E-state index contributed by atoms with van der Waals surface area (Å²) < 4.78 is 5.21. The molecule has 1 aromatic heterocycles. The first kappa shape index (κ1) is 13.9. The highest BCUT2D eigenvalue weighted by molar-refractivity contribution is 5.87. The predicted octanol–water partition coefficient (Wildman–Crippen LogP) is 2.49. The first-order valence-electron chi connectivity index (χ1n) is 6.75. The van der Waals surface area contributed by atoms with Crippen LogP contribution in [0.1, 0.15) is 45.8 Å². The van der Waals surface area contributed by atoms with E-state index in [1.165, 1.54) is 6.42 Å². The molecule has 1 aromatic rings. The van der Waals surface area contributed by atoms with Crippen LogP contribution in [0.4, 0.5) is 10.6 Å². The van der Waals surface area contributed by atoms with Crippen molar-refractivity contribution in [2.45, 2.75) is 45.4 Å². The summed E-state index contributed by atoms with van der Waals surface area (Å²) in [5.41, 5.74) is 2.70. The maximum absolute atomic E-state index is 11.8. The van der Waals surface area contributed by atoms with E-state index in [1.54, 1.807) is 6.07 Å². The molecule has 1 saturated heterocycles. The highest BCUT2D eigenvalue weighted by Gasteiger charge is 2.20. The Morgan fingerprint density at radius 1 is 1.32 bits per heavy atom. The highest BCUT2D eigenvalue weighted by Crippen LogP contribution is 2.24. The zero-order valence-electron chi connectivity index (χ0n) is 11.8. The fraction of sp³-hybridized carbons (Fsp3) is 0.692. The molecule has 0 bridgehead atoms. The summed E-state index contributed by atoms with van der Waals surface area (Å²) in [6.45, 7) is 7.90. The molecule has 106 valence electrons. The lowest BCUT2D eigenvalue weighted by atomic mass is 9.93. The molecule has 0 saturated carbocycles. The van der Waals surface area contributed by atoms with Crippen molar-refractivity contribution in [1.29, 1.82) is 0 Å². The second-order valence-electron chi connectivity index (χ2n) is 5.94. The molecule has 2 rings (SSSR count). The van der Waals surface area contributed by atoms with Crippen molar-refractivity contribution in [3.8, 4) is 0 Å². The van der Waals surface area contributed by atoms with Gasteiger partial charge in [0.1, 0.15) is 5.76 Å². The molecule has 2 amide bonds. The highest BCUT2D eigenvalue weighted by atomic mass is 16.5. The Balaban J connectivity index is 1.86. The predicted molar refractivity (Wildman–Crippen MR) is 72.8 cm³/mol. The third-order valence-corrected chi connectivity index (χ3v) is 3.11. The van der Waals surface area contributed by atoms with E-state index >= 15 is 0 Å². The molecule has 0 aromatic carbocycles. The second-order valence-corrected chi connectivity index (χ2v) is 5.94. The topological polar surface area (TPSA) is 70.4 Å². The first-order valence-corrected chi connectivity index (χ1v) is 6.75. The van der Waals surface area contributed by atoms with Crippen LogP contribution in [-0.4, -0.2) is 29.3 Å². The molecule has 1 aliphatic rings. The van der Waals surface area contributed by atoms with Gasteiger partial charge in [0.05, 0.1) is 0 Å². The van der Waals surface area contributed by atoms with Gasteiger partial charge in [0, 0.05) is 24.6 Å². The van der Waals surface area contributed by atoms with Crippen LogP contribution in [0.5, 0.6) is 0 Å². The summed E-state index contributed by atoms with van der Waals surface area (Å²) in [6, 6.07) is 1.49. The minimum Gasteiger partial charge on any atom is -0.359 e. The molecule has 0 radical (unpaired) electrons. The number of carbonyl (C=O) groups is 1. The minimum absolute atomic E-state index is 0.115. The van der Waals surface area contributed by atoms with Gasteiger partial charge in [-0.15, -0.1) is 0 Å². The largest absolute Gasteiger partial charge is 0.359 e. The van der Waals surface area contributed by atoms with Crippen molar-refractivity contribution in [1.82, 2.24) is 15.6 Å². The Morgan fingerprint density at radius 3 is 2.58 bits per heavy atom. The van der Waals surface area contributed by atoms with E-state index in [-0.39, 0.29) is 11.4 Å². The molecule has 6 nitrogen and oxygen atoms in total. The Hall–Kier alpha value is -1.56. The fourth-order valence-corrected chi connectivity index (χ4v) is 1.98. The van der Waals surface area contributed by atoms with Gasteiger partial charge in [-0.3, -0.25) is 10.7 Å². The lowest BCUT2D eigenvalue weighted by Gasteiger charge is -2.26. The molecule has 1 aliphatic heterocycles. The van der Waals surface area contributed by atoms with Crippen LogP contribution in [0, 0.1) is 0 Å². The van der Waals surface area contributed by atoms with E-state index in [2.05, 4.69) is 15.9 Å². The molecule has 2 N–H and O–H groups in total. The average molecular weight is 266 g/mol. The second kappa shape index (κ2) is 5.61. The average Bonchev–Trinajstić information content (AvgIpc) is 2.78. The number of anilines is 1. The number of amides is 2. The van der Waals surface area contributed by atoms with Crippen LogP contribution in [0.15, 0.2) is 10.6 Å². The Labute approximate surface area is 113 Å². The summed E-state index contributed by atoms with van der Waals surface area (Å²) in [7, 11) is 0. The Kier molecular flexibility index (Phi) is 4.09. The Bertz CT molecular complexity index is 430. The summed E-state index contributed by atoms with van der Waals surface area (Å²) in [4.78, 5) is 11.8. The lowest BCUT2D eigenvalue weighted by Crippen LogP contribution is -2.46. The van der Waals surface area contributed by atoms with Gasteiger partial charge >= 0.3 is 6.03 Å². The van der Waals surface area contributed by atoms with Crippen molar-refractivity contribution in [2.24, 2.45) is 0 Å². The smallest absolute Gasteiger partial charge is 0.335 e. The molecule has 2 heterocycles. The number of rotatable bonds is 2. The molecule has 19 heavy (non-hydrogen) atoms. The van der Waals surface area contributed by atoms with Gasteiger partial charge in [0.15, 0.2) is 5.82 Å². The van der Waals surface area contributed by atoms with E-state index in [4.69, 9.17) is 4.52 Å². The number of hydrazine groups is 1. The van der Waals surface area contributed by atoms with Crippen LogP contribution >= 0.6 is 0 Å².